The number of carbonyl (C=O) groups excluding carboxylic acids is 2. The molecule has 3 aromatic heterocycles. The second-order valence-electron chi connectivity index (χ2n) is 12.1. The second-order valence-corrected chi connectivity index (χ2v) is 12.1. The molecular weight excluding hydrogens is 516 g/mol. The molecule has 2 amide bonds. The Labute approximate surface area is 238 Å². The van der Waals surface area contributed by atoms with Crippen LogP contribution in [0.5, 0.6) is 0 Å². The number of rotatable bonds is 4. The summed E-state index contributed by atoms with van der Waals surface area (Å²) in [4.78, 5) is 40.4. The van der Waals surface area contributed by atoms with Crippen molar-refractivity contribution in [3.05, 3.63) is 107 Å². The zero-order valence-corrected chi connectivity index (χ0v) is 23.3. The summed E-state index contributed by atoms with van der Waals surface area (Å²) in [7, 11) is 0. The maximum Gasteiger partial charge on any atom is 0.253 e. The van der Waals surface area contributed by atoms with E-state index in [0.29, 0.717) is 36.3 Å². The van der Waals surface area contributed by atoms with Crippen LogP contribution in [0.1, 0.15) is 89.5 Å². The van der Waals surface area contributed by atoms with E-state index in [-0.39, 0.29) is 29.8 Å². The number of imidazole rings is 1. The van der Waals surface area contributed by atoms with Crippen molar-refractivity contribution in [1.82, 2.24) is 24.8 Å². The molecule has 41 heavy (non-hydrogen) atoms. The first-order valence-electron chi connectivity index (χ1n) is 14.1. The molecule has 0 bridgehead atoms. The highest BCUT2D eigenvalue weighted by Gasteiger charge is 2.51. The average Bonchev–Trinajstić information content (AvgIpc) is 3.65. The number of fused-ring (bicyclic) bond motifs is 4. The van der Waals surface area contributed by atoms with E-state index in [0.717, 1.165) is 22.6 Å². The minimum absolute atomic E-state index is 0.0391. The number of anilines is 1. The van der Waals surface area contributed by atoms with Gasteiger partial charge in [-0.15, -0.1) is 0 Å². The van der Waals surface area contributed by atoms with Gasteiger partial charge in [0.25, 0.3) is 5.91 Å². The molecule has 0 saturated heterocycles. The Morgan fingerprint density at radius 2 is 1.90 bits per heavy atom. The van der Waals surface area contributed by atoms with Gasteiger partial charge in [-0.2, -0.15) is 0 Å². The quantitative estimate of drug-likeness (QED) is 0.353. The van der Waals surface area contributed by atoms with Crippen LogP contribution in [0.2, 0.25) is 0 Å². The standard InChI is InChI=1S/C32H32N6O3/c1-18-22(19-8-5-4-6-9-19)13-24(28-35-17-26(38(18)28)31(2,3)41)36-29(39)21-12-20-14-32(15-25(20)34-16-21)23-10-7-11-33-27(23)37-30(32)40/h4-12,16-18,22,24,41H,13-15H2,1-3H3,(H,36,39)(H,33,37,40)/t18-,22-,24+,32+/m1/s1. The lowest BCUT2D eigenvalue weighted by Crippen LogP contribution is -2.38. The molecule has 2 aliphatic heterocycles. The number of nitrogens with zero attached hydrogens (tertiary/aromatic N) is 4. The molecule has 1 spiro atoms. The molecule has 4 atom stereocenters. The Hall–Kier alpha value is -4.37. The van der Waals surface area contributed by atoms with Crippen molar-refractivity contribution in [3.8, 4) is 0 Å². The van der Waals surface area contributed by atoms with Crippen LogP contribution < -0.4 is 10.6 Å². The van der Waals surface area contributed by atoms with E-state index < -0.39 is 11.0 Å². The van der Waals surface area contributed by atoms with E-state index in [9.17, 15) is 14.7 Å². The maximum atomic E-state index is 13.7. The highest BCUT2D eigenvalue weighted by atomic mass is 16.3. The van der Waals surface area contributed by atoms with Crippen molar-refractivity contribution in [2.75, 3.05) is 5.32 Å². The molecular formula is C32H32N6O3. The van der Waals surface area contributed by atoms with Gasteiger partial charge in [0.15, 0.2) is 0 Å². The van der Waals surface area contributed by atoms with Crippen LogP contribution in [0.25, 0.3) is 0 Å². The molecule has 4 aromatic rings. The average molecular weight is 549 g/mol. The van der Waals surface area contributed by atoms with E-state index in [1.54, 1.807) is 32.4 Å². The summed E-state index contributed by atoms with van der Waals surface area (Å²) in [6.45, 7) is 5.65. The first kappa shape index (κ1) is 25.6. The fourth-order valence-corrected chi connectivity index (χ4v) is 6.97. The van der Waals surface area contributed by atoms with Crippen LogP contribution in [0.3, 0.4) is 0 Å². The van der Waals surface area contributed by atoms with Crippen molar-refractivity contribution < 1.29 is 14.7 Å². The third kappa shape index (κ3) is 3.98. The molecule has 3 N–H and O–H groups in total. The molecule has 1 aliphatic carbocycles. The summed E-state index contributed by atoms with van der Waals surface area (Å²) >= 11 is 0. The van der Waals surface area contributed by atoms with Gasteiger partial charge < -0.3 is 20.3 Å². The second kappa shape index (κ2) is 9.07. The maximum absolute atomic E-state index is 13.7. The number of nitrogens with one attached hydrogen (secondary N) is 2. The van der Waals surface area contributed by atoms with E-state index in [4.69, 9.17) is 0 Å². The van der Waals surface area contributed by atoms with Gasteiger partial charge in [0.05, 0.1) is 28.9 Å². The van der Waals surface area contributed by atoms with Crippen LogP contribution in [0.4, 0.5) is 5.82 Å². The van der Waals surface area contributed by atoms with Gasteiger partial charge in [0.1, 0.15) is 17.2 Å². The molecule has 0 saturated carbocycles. The molecule has 1 aromatic carbocycles. The van der Waals surface area contributed by atoms with Gasteiger partial charge in [0.2, 0.25) is 5.91 Å². The predicted octanol–water partition coefficient (Wildman–Crippen LogP) is 4.11. The lowest BCUT2D eigenvalue weighted by Gasteiger charge is -2.38. The molecule has 5 heterocycles. The fourth-order valence-electron chi connectivity index (χ4n) is 6.97. The van der Waals surface area contributed by atoms with E-state index in [1.807, 2.05) is 36.4 Å². The summed E-state index contributed by atoms with van der Waals surface area (Å²) in [5.74, 6) is 1.12. The van der Waals surface area contributed by atoms with Crippen LogP contribution in [-0.2, 0) is 28.7 Å². The van der Waals surface area contributed by atoms with Crippen LogP contribution in [0.15, 0.2) is 67.1 Å². The Morgan fingerprint density at radius 3 is 2.68 bits per heavy atom. The predicted molar refractivity (Wildman–Crippen MR) is 152 cm³/mol. The number of benzene rings is 1. The summed E-state index contributed by atoms with van der Waals surface area (Å²) in [5, 5.41) is 17.1. The van der Waals surface area contributed by atoms with Crippen molar-refractivity contribution in [2.45, 2.75) is 69.1 Å². The summed E-state index contributed by atoms with van der Waals surface area (Å²) in [6.07, 6.45) is 6.60. The Morgan fingerprint density at radius 1 is 1.10 bits per heavy atom. The summed E-state index contributed by atoms with van der Waals surface area (Å²) in [6, 6.07) is 15.6. The van der Waals surface area contributed by atoms with Gasteiger partial charge in [-0.1, -0.05) is 36.4 Å². The third-order valence-corrected chi connectivity index (χ3v) is 9.05. The molecule has 0 radical (unpaired) electrons. The largest absolute Gasteiger partial charge is 0.384 e. The van der Waals surface area contributed by atoms with Crippen molar-refractivity contribution >= 4 is 17.6 Å². The molecule has 9 nitrogen and oxygen atoms in total. The number of pyridine rings is 2. The lowest BCUT2D eigenvalue weighted by atomic mass is 9.80. The zero-order chi connectivity index (χ0) is 28.5. The number of aromatic nitrogens is 4. The summed E-state index contributed by atoms with van der Waals surface area (Å²) < 4.78 is 2.08. The first-order chi connectivity index (χ1) is 19.7. The number of hydrogen-bond donors (Lipinski definition) is 3. The van der Waals surface area contributed by atoms with Crippen LogP contribution in [0, 0.1) is 0 Å². The normalized spacial score (nSPS) is 24.5. The van der Waals surface area contributed by atoms with Gasteiger partial charge in [-0.25, -0.2) is 9.97 Å². The van der Waals surface area contributed by atoms with Crippen LogP contribution in [-0.4, -0.2) is 36.4 Å². The first-order valence-corrected chi connectivity index (χ1v) is 14.1. The highest BCUT2D eigenvalue weighted by Crippen LogP contribution is 2.47. The molecule has 9 heteroatoms. The summed E-state index contributed by atoms with van der Waals surface area (Å²) in [5.41, 5.74) is 3.11. The number of hydrogen-bond acceptors (Lipinski definition) is 6. The Bertz CT molecular complexity index is 1690. The van der Waals surface area contributed by atoms with Crippen molar-refractivity contribution in [3.63, 3.8) is 0 Å². The van der Waals surface area contributed by atoms with Crippen molar-refractivity contribution in [2.24, 2.45) is 0 Å². The highest BCUT2D eigenvalue weighted by molar-refractivity contribution is 6.06. The molecule has 3 aliphatic rings. The molecule has 0 fully saturated rings. The van der Waals surface area contributed by atoms with Gasteiger partial charge in [-0.05, 0) is 56.9 Å². The van der Waals surface area contributed by atoms with E-state index >= 15 is 0 Å². The lowest BCUT2D eigenvalue weighted by molar-refractivity contribution is -0.120. The monoisotopic (exact) mass is 548 g/mol. The SMILES string of the molecule is C[C@@H]1[C@H](c2ccccc2)C[C@H](NC(=O)c2cnc3c(c2)C[C@@]2(C3)C(=O)Nc3ncccc32)c2ncc(C(C)(C)O)n21. The number of aliphatic hydroxyl groups is 1. The van der Waals surface area contributed by atoms with Crippen molar-refractivity contribution in [1.29, 1.82) is 0 Å². The van der Waals surface area contributed by atoms with E-state index in [1.165, 1.54) is 5.56 Å². The zero-order valence-electron chi connectivity index (χ0n) is 23.3. The minimum Gasteiger partial charge on any atom is -0.384 e. The van der Waals surface area contributed by atoms with Gasteiger partial charge in [-0.3, -0.25) is 14.6 Å². The molecule has 0 unspecified atom stereocenters. The fraction of sp³-hybridized carbons (Fsp3) is 0.344. The Kier molecular flexibility index (Phi) is 5.66. The molecule has 208 valence electrons. The third-order valence-electron chi connectivity index (χ3n) is 9.05. The van der Waals surface area contributed by atoms with Gasteiger partial charge in [0, 0.05) is 42.0 Å². The Balaban J connectivity index is 1.19. The number of carbonyl (C=O) groups is 2. The molecule has 7 rings (SSSR count). The number of amides is 2. The minimum atomic E-state index is -1.09. The van der Waals surface area contributed by atoms with E-state index in [2.05, 4.69) is 49.2 Å². The van der Waals surface area contributed by atoms with Gasteiger partial charge >= 0.3 is 0 Å². The smallest absolute Gasteiger partial charge is 0.253 e. The van der Waals surface area contributed by atoms with Crippen LogP contribution >= 0.6 is 0 Å². The topological polar surface area (TPSA) is 122 Å².